The van der Waals surface area contributed by atoms with Gasteiger partial charge in [-0.2, -0.15) is 0 Å². The van der Waals surface area contributed by atoms with E-state index in [9.17, 15) is 4.39 Å². The summed E-state index contributed by atoms with van der Waals surface area (Å²) in [5, 5.41) is 0. The Kier molecular flexibility index (Phi) is 2.31. The van der Waals surface area contributed by atoms with E-state index in [0.717, 1.165) is 4.47 Å². The van der Waals surface area contributed by atoms with Crippen LogP contribution < -0.4 is 0 Å². The van der Waals surface area contributed by atoms with Crippen molar-refractivity contribution in [3.05, 3.63) is 33.5 Å². The normalized spacial score (nSPS) is 9.27. The van der Waals surface area contributed by atoms with E-state index < -0.39 is 0 Å². The molecule has 0 spiro atoms. The zero-order valence-corrected chi connectivity index (χ0v) is 7.57. The van der Waals surface area contributed by atoms with Crippen molar-refractivity contribution in [1.82, 2.24) is 0 Å². The Labute approximate surface area is 73.6 Å². The highest BCUT2D eigenvalue weighted by atomic mass is 79.9. The molecule has 2 heteroatoms. The van der Waals surface area contributed by atoms with Crippen LogP contribution in [0.2, 0.25) is 0 Å². The molecular weight excluding hydrogens is 207 g/mol. The van der Waals surface area contributed by atoms with E-state index in [1.165, 1.54) is 0 Å². The van der Waals surface area contributed by atoms with Crippen LogP contribution in [0.4, 0.5) is 4.39 Å². The van der Waals surface area contributed by atoms with Crippen molar-refractivity contribution in [1.29, 1.82) is 0 Å². The Hall–Kier alpha value is -0.810. The topological polar surface area (TPSA) is 0 Å². The molecule has 0 saturated heterocycles. The van der Waals surface area contributed by atoms with E-state index in [1.807, 2.05) is 0 Å². The molecule has 0 amide bonds. The molecule has 56 valence electrons. The van der Waals surface area contributed by atoms with Crippen LogP contribution in [0.15, 0.2) is 16.6 Å². The van der Waals surface area contributed by atoms with Gasteiger partial charge in [-0.05, 0) is 24.6 Å². The molecule has 0 fully saturated rings. The summed E-state index contributed by atoms with van der Waals surface area (Å²) < 4.78 is 13.8. The summed E-state index contributed by atoms with van der Waals surface area (Å²) in [7, 11) is 0. The van der Waals surface area contributed by atoms with Gasteiger partial charge in [-0.25, -0.2) is 4.39 Å². The van der Waals surface area contributed by atoms with Crippen molar-refractivity contribution in [3.63, 3.8) is 0 Å². The van der Waals surface area contributed by atoms with E-state index in [1.54, 1.807) is 19.1 Å². The fourth-order valence-electron chi connectivity index (χ4n) is 0.831. The van der Waals surface area contributed by atoms with Gasteiger partial charge in [0.15, 0.2) is 0 Å². The molecule has 11 heavy (non-hydrogen) atoms. The van der Waals surface area contributed by atoms with Crippen molar-refractivity contribution in [2.75, 3.05) is 0 Å². The smallest absolute Gasteiger partial charge is 0.141 e. The Morgan fingerprint density at radius 2 is 2.18 bits per heavy atom. The number of benzene rings is 1. The summed E-state index contributed by atoms with van der Waals surface area (Å²) in [5.41, 5.74) is 0.865. The monoisotopic (exact) mass is 212 g/mol. The third-order valence-electron chi connectivity index (χ3n) is 1.37. The molecule has 1 aromatic carbocycles. The van der Waals surface area contributed by atoms with Gasteiger partial charge < -0.3 is 0 Å². The Bertz CT molecular complexity index is 323. The molecule has 0 radical (unpaired) electrons. The summed E-state index contributed by atoms with van der Waals surface area (Å²) in [5.74, 6) is 1.96. The molecule has 0 bridgehead atoms. The van der Waals surface area contributed by atoms with Crippen LogP contribution in [0.3, 0.4) is 0 Å². The van der Waals surface area contributed by atoms with Gasteiger partial charge in [0.1, 0.15) is 5.82 Å². The van der Waals surface area contributed by atoms with Crippen LogP contribution in [0.1, 0.15) is 11.1 Å². The lowest BCUT2D eigenvalue weighted by Gasteiger charge is -1.99. The number of hydrogen-bond donors (Lipinski definition) is 0. The van der Waals surface area contributed by atoms with E-state index in [2.05, 4.69) is 21.9 Å². The van der Waals surface area contributed by atoms with Gasteiger partial charge in [-0.3, -0.25) is 0 Å². The lowest BCUT2D eigenvalue weighted by molar-refractivity contribution is 0.615. The van der Waals surface area contributed by atoms with Gasteiger partial charge in [0.2, 0.25) is 0 Å². The van der Waals surface area contributed by atoms with Crippen LogP contribution in [0.25, 0.3) is 0 Å². The second-order valence-corrected chi connectivity index (χ2v) is 3.14. The van der Waals surface area contributed by atoms with Gasteiger partial charge in [0, 0.05) is 4.47 Å². The van der Waals surface area contributed by atoms with Crippen molar-refractivity contribution in [3.8, 4) is 12.3 Å². The van der Waals surface area contributed by atoms with Gasteiger partial charge in [-0.1, -0.05) is 21.9 Å². The molecule has 0 unspecified atom stereocenters. The van der Waals surface area contributed by atoms with E-state index in [-0.39, 0.29) is 5.82 Å². The Morgan fingerprint density at radius 1 is 1.55 bits per heavy atom. The minimum absolute atomic E-state index is 0.303. The number of rotatable bonds is 0. The minimum Gasteiger partial charge on any atom is -0.205 e. The predicted octanol–water partition coefficient (Wildman–Crippen LogP) is 2.88. The van der Waals surface area contributed by atoms with Crippen molar-refractivity contribution in [2.24, 2.45) is 0 Å². The number of aryl methyl sites for hydroxylation is 1. The second kappa shape index (κ2) is 3.06. The summed E-state index contributed by atoms with van der Waals surface area (Å²) >= 11 is 3.23. The first-order valence-corrected chi connectivity index (χ1v) is 3.86. The summed E-state index contributed by atoms with van der Waals surface area (Å²) in [6.07, 6.45) is 5.08. The fourth-order valence-corrected chi connectivity index (χ4v) is 1.40. The zero-order chi connectivity index (χ0) is 8.43. The average Bonchev–Trinajstić information content (AvgIpc) is 1.96. The summed E-state index contributed by atoms with van der Waals surface area (Å²) in [6, 6.07) is 3.28. The van der Waals surface area contributed by atoms with Crippen LogP contribution in [0, 0.1) is 25.1 Å². The maximum atomic E-state index is 13.0. The fraction of sp³-hybridized carbons (Fsp3) is 0.111. The molecule has 0 aliphatic carbocycles. The molecule has 0 atom stereocenters. The zero-order valence-electron chi connectivity index (χ0n) is 5.99. The molecule has 1 rings (SSSR count). The third kappa shape index (κ3) is 1.61. The number of terminal acetylenes is 1. The molecular formula is C9H6BrF. The van der Waals surface area contributed by atoms with Gasteiger partial charge in [0.05, 0.1) is 5.56 Å². The van der Waals surface area contributed by atoms with Crippen molar-refractivity contribution < 1.29 is 4.39 Å². The van der Waals surface area contributed by atoms with Crippen LogP contribution in [0.5, 0.6) is 0 Å². The van der Waals surface area contributed by atoms with Gasteiger partial charge in [-0.15, -0.1) is 6.42 Å². The first-order chi connectivity index (χ1) is 5.15. The first kappa shape index (κ1) is 8.29. The SMILES string of the molecule is C#Cc1cc(Br)cc(C)c1F. The summed E-state index contributed by atoms with van der Waals surface area (Å²) in [6.45, 7) is 1.68. The van der Waals surface area contributed by atoms with E-state index in [0.29, 0.717) is 11.1 Å². The second-order valence-electron chi connectivity index (χ2n) is 2.23. The van der Waals surface area contributed by atoms with E-state index >= 15 is 0 Å². The highest BCUT2D eigenvalue weighted by Crippen LogP contribution is 2.18. The molecule has 0 aliphatic heterocycles. The first-order valence-electron chi connectivity index (χ1n) is 3.07. The predicted molar refractivity (Wildman–Crippen MR) is 46.8 cm³/mol. The molecule has 0 aromatic heterocycles. The molecule has 0 N–H and O–H groups in total. The van der Waals surface area contributed by atoms with Crippen LogP contribution in [-0.2, 0) is 0 Å². The Balaban J connectivity index is 3.39. The average molecular weight is 213 g/mol. The highest BCUT2D eigenvalue weighted by Gasteiger charge is 2.03. The molecule has 0 saturated carbocycles. The number of halogens is 2. The lowest BCUT2D eigenvalue weighted by atomic mass is 10.1. The summed E-state index contributed by atoms with van der Waals surface area (Å²) in [4.78, 5) is 0. The maximum Gasteiger partial charge on any atom is 0.141 e. The lowest BCUT2D eigenvalue weighted by Crippen LogP contribution is -1.87. The quantitative estimate of drug-likeness (QED) is 0.581. The van der Waals surface area contributed by atoms with Gasteiger partial charge in [0.25, 0.3) is 0 Å². The maximum absolute atomic E-state index is 13.0. The van der Waals surface area contributed by atoms with Crippen molar-refractivity contribution in [2.45, 2.75) is 6.92 Å². The van der Waals surface area contributed by atoms with E-state index in [4.69, 9.17) is 6.42 Å². The number of hydrogen-bond acceptors (Lipinski definition) is 0. The minimum atomic E-state index is -0.310. The molecule has 0 heterocycles. The van der Waals surface area contributed by atoms with Crippen molar-refractivity contribution >= 4 is 15.9 Å². The highest BCUT2D eigenvalue weighted by molar-refractivity contribution is 9.10. The van der Waals surface area contributed by atoms with Crippen LogP contribution >= 0.6 is 15.9 Å². The molecule has 1 aromatic rings. The standard InChI is InChI=1S/C9H6BrF/c1-3-7-5-8(10)4-6(2)9(7)11/h1,4-5H,2H3. The van der Waals surface area contributed by atoms with Crippen LogP contribution in [-0.4, -0.2) is 0 Å². The Morgan fingerprint density at radius 3 is 2.73 bits per heavy atom. The largest absolute Gasteiger partial charge is 0.205 e. The molecule has 0 aliphatic rings. The van der Waals surface area contributed by atoms with Gasteiger partial charge >= 0.3 is 0 Å². The third-order valence-corrected chi connectivity index (χ3v) is 1.83. The molecule has 0 nitrogen and oxygen atoms in total.